The first-order valence-electron chi connectivity index (χ1n) is 7.40. The van der Waals surface area contributed by atoms with Crippen LogP contribution in [-0.4, -0.2) is 9.55 Å². The summed E-state index contributed by atoms with van der Waals surface area (Å²) in [6.45, 7) is 13.3. The van der Waals surface area contributed by atoms with Gasteiger partial charge in [-0.3, -0.25) is 0 Å². The summed E-state index contributed by atoms with van der Waals surface area (Å²) in [5.41, 5.74) is 6.46. The molecule has 2 nitrogen and oxygen atoms in total. The molecule has 0 bridgehead atoms. The van der Waals surface area contributed by atoms with E-state index in [4.69, 9.17) is 4.98 Å². The van der Waals surface area contributed by atoms with Crippen molar-refractivity contribution >= 4 is 16.6 Å². The first kappa shape index (κ1) is 14.8. The van der Waals surface area contributed by atoms with E-state index in [0.717, 1.165) is 17.8 Å². The Balaban J connectivity index is 2.79. The summed E-state index contributed by atoms with van der Waals surface area (Å²) in [7, 11) is 2.11. The lowest BCUT2D eigenvalue weighted by Gasteiger charge is -2.23. The fourth-order valence-corrected chi connectivity index (χ4v) is 2.51. The lowest BCUT2D eigenvalue weighted by atomic mass is 9.81. The molecule has 1 aromatic carbocycles. The van der Waals surface area contributed by atoms with Gasteiger partial charge in [0.1, 0.15) is 5.82 Å². The first-order chi connectivity index (χ1) is 9.29. The van der Waals surface area contributed by atoms with Crippen LogP contribution in [0.4, 0.5) is 0 Å². The van der Waals surface area contributed by atoms with Crippen molar-refractivity contribution in [1.82, 2.24) is 9.55 Å². The molecule has 2 rings (SSSR count). The highest BCUT2D eigenvalue weighted by Gasteiger charge is 2.23. The van der Waals surface area contributed by atoms with E-state index in [-0.39, 0.29) is 5.41 Å². The predicted molar refractivity (Wildman–Crippen MR) is 88.0 cm³/mol. The molecule has 0 saturated carbocycles. The lowest BCUT2D eigenvalue weighted by Crippen LogP contribution is -2.15. The highest BCUT2D eigenvalue weighted by atomic mass is 15.1. The summed E-state index contributed by atoms with van der Waals surface area (Å²) in [6, 6.07) is 6.54. The van der Waals surface area contributed by atoms with Crippen molar-refractivity contribution in [2.45, 2.75) is 53.4 Å². The molecule has 2 aromatic rings. The van der Waals surface area contributed by atoms with E-state index in [1.54, 1.807) is 0 Å². The Morgan fingerprint density at radius 2 is 1.85 bits per heavy atom. The van der Waals surface area contributed by atoms with Gasteiger partial charge in [-0.05, 0) is 49.8 Å². The molecule has 0 aliphatic rings. The minimum Gasteiger partial charge on any atom is -0.327 e. The minimum atomic E-state index is 0.157. The maximum absolute atomic E-state index is 4.95. The number of hydrogen-bond donors (Lipinski definition) is 0. The van der Waals surface area contributed by atoms with Crippen LogP contribution < -0.4 is 0 Å². The number of aromatic nitrogens is 2. The maximum Gasteiger partial charge on any atom is 0.136 e. The molecule has 1 heterocycles. The molecule has 0 radical (unpaired) electrons. The van der Waals surface area contributed by atoms with Crippen LogP contribution in [-0.2, 0) is 12.5 Å². The summed E-state index contributed by atoms with van der Waals surface area (Å²) in [5.74, 6) is 1.08. The first-order valence-corrected chi connectivity index (χ1v) is 7.40. The van der Waals surface area contributed by atoms with Crippen molar-refractivity contribution in [2.75, 3.05) is 0 Å². The topological polar surface area (TPSA) is 17.8 Å². The maximum atomic E-state index is 4.95. The molecule has 0 aliphatic heterocycles. The Bertz CT molecular complexity index is 668. The number of fused-ring (bicyclic) bond motifs is 1. The van der Waals surface area contributed by atoms with Crippen molar-refractivity contribution < 1.29 is 0 Å². The molecule has 0 atom stereocenters. The third kappa shape index (κ3) is 2.28. The van der Waals surface area contributed by atoms with E-state index in [9.17, 15) is 0 Å². The summed E-state index contributed by atoms with van der Waals surface area (Å²) in [6.07, 6.45) is 1.11. The van der Waals surface area contributed by atoms with Crippen LogP contribution in [0.3, 0.4) is 0 Å². The van der Waals surface area contributed by atoms with Gasteiger partial charge in [0.25, 0.3) is 0 Å². The van der Waals surface area contributed by atoms with Gasteiger partial charge in [0.2, 0.25) is 0 Å². The van der Waals surface area contributed by atoms with Crippen LogP contribution in [0.5, 0.6) is 0 Å². The highest BCUT2D eigenvalue weighted by molar-refractivity contribution is 5.83. The molecule has 108 valence electrons. The molecule has 0 fully saturated rings. The average molecular weight is 270 g/mol. The molecule has 20 heavy (non-hydrogen) atoms. The van der Waals surface area contributed by atoms with Gasteiger partial charge in [0.15, 0.2) is 0 Å². The molecular formula is C18H26N2. The molecule has 0 unspecified atom stereocenters. The molecule has 0 saturated heterocycles. The van der Waals surface area contributed by atoms with E-state index >= 15 is 0 Å². The Kier molecular flexibility index (Phi) is 3.77. The number of imidazole rings is 1. The Hall–Kier alpha value is -1.57. The van der Waals surface area contributed by atoms with E-state index in [2.05, 4.69) is 71.4 Å². The second kappa shape index (κ2) is 5.08. The zero-order valence-corrected chi connectivity index (χ0v) is 13.8. The number of hydrogen-bond acceptors (Lipinski definition) is 1. The predicted octanol–water partition coefficient (Wildman–Crippen LogP) is 5.07. The van der Waals surface area contributed by atoms with Crippen LogP contribution in [0.1, 0.15) is 59.4 Å². The van der Waals surface area contributed by atoms with Crippen molar-refractivity contribution in [3.8, 4) is 0 Å². The fourth-order valence-electron chi connectivity index (χ4n) is 2.51. The zero-order chi connectivity index (χ0) is 15.1. The van der Waals surface area contributed by atoms with E-state index < -0.39 is 0 Å². The van der Waals surface area contributed by atoms with Crippen LogP contribution in [0.2, 0.25) is 0 Å². The van der Waals surface area contributed by atoms with Gasteiger partial charge < -0.3 is 4.57 Å². The van der Waals surface area contributed by atoms with Crippen LogP contribution in [0, 0.1) is 0 Å². The summed E-state index contributed by atoms with van der Waals surface area (Å²) < 4.78 is 2.22. The van der Waals surface area contributed by atoms with Crippen molar-refractivity contribution in [1.29, 1.82) is 0 Å². The smallest absolute Gasteiger partial charge is 0.136 e. The van der Waals surface area contributed by atoms with Crippen LogP contribution >= 0.6 is 0 Å². The van der Waals surface area contributed by atoms with E-state index in [0.29, 0.717) is 0 Å². The molecular weight excluding hydrogens is 244 g/mol. The number of benzene rings is 1. The monoisotopic (exact) mass is 270 g/mol. The largest absolute Gasteiger partial charge is 0.327 e. The van der Waals surface area contributed by atoms with Gasteiger partial charge >= 0.3 is 0 Å². The summed E-state index contributed by atoms with van der Waals surface area (Å²) >= 11 is 0. The SMILES string of the molecule is CCC(C)(C)c1cccc2c1nc(C(C)=C(C)C)n2C. The molecule has 2 heteroatoms. The third-order valence-electron chi connectivity index (χ3n) is 4.61. The summed E-state index contributed by atoms with van der Waals surface area (Å²) in [5, 5.41) is 0. The zero-order valence-electron chi connectivity index (χ0n) is 13.8. The highest BCUT2D eigenvalue weighted by Crippen LogP contribution is 2.33. The van der Waals surface area contributed by atoms with Gasteiger partial charge in [-0.25, -0.2) is 4.98 Å². The Morgan fingerprint density at radius 1 is 1.20 bits per heavy atom. The average Bonchev–Trinajstić information content (AvgIpc) is 2.75. The quantitative estimate of drug-likeness (QED) is 0.761. The Morgan fingerprint density at radius 3 is 2.40 bits per heavy atom. The van der Waals surface area contributed by atoms with Crippen LogP contribution in [0.15, 0.2) is 23.8 Å². The molecule has 0 aliphatic carbocycles. The molecule has 0 spiro atoms. The fraction of sp³-hybridized carbons (Fsp3) is 0.500. The molecule has 0 amide bonds. The van der Waals surface area contributed by atoms with Gasteiger partial charge in [0, 0.05) is 7.05 Å². The molecule has 1 aromatic heterocycles. The number of nitrogens with zero attached hydrogens (tertiary/aromatic N) is 2. The van der Waals surface area contributed by atoms with Crippen LogP contribution in [0.25, 0.3) is 16.6 Å². The third-order valence-corrected chi connectivity index (χ3v) is 4.61. The van der Waals surface area contributed by atoms with E-state index in [1.165, 1.54) is 22.2 Å². The van der Waals surface area contributed by atoms with Crippen molar-refractivity contribution in [2.24, 2.45) is 7.05 Å². The number of rotatable bonds is 3. The number of para-hydroxylation sites is 1. The van der Waals surface area contributed by atoms with Gasteiger partial charge in [-0.1, -0.05) is 38.5 Å². The lowest BCUT2D eigenvalue weighted by molar-refractivity contribution is 0.510. The second-order valence-corrected chi connectivity index (χ2v) is 6.53. The normalized spacial score (nSPS) is 11.9. The Labute approximate surface area is 122 Å². The van der Waals surface area contributed by atoms with Gasteiger partial charge in [-0.15, -0.1) is 0 Å². The standard InChI is InChI=1S/C18H26N2/c1-8-18(5,6)14-10-9-11-15-16(14)19-17(20(15)7)13(4)12(2)3/h9-11H,8H2,1-7H3. The van der Waals surface area contributed by atoms with Crippen molar-refractivity contribution in [3.05, 3.63) is 35.2 Å². The minimum absolute atomic E-state index is 0.157. The second-order valence-electron chi connectivity index (χ2n) is 6.53. The summed E-state index contributed by atoms with van der Waals surface area (Å²) in [4.78, 5) is 4.95. The van der Waals surface area contributed by atoms with Gasteiger partial charge in [-0.2, -0.15) is 0 Å². The number of allylic oxidation sites excluding steroid dienone is 2. The number of aryl methyl sites for hydroxylation is 1. The van der Waals surface area contributed by atoms with Gasteiger partial charge in [0.05, 0.1) is 11.0 Å². The van der Waals surface area contributed by atoms with Crippen molar-refractivity contribution in [3.63, 3.8) is 0 Å². The molecule has 0 N–H and O–H groups in total. The van der Waals surface area contributed by atoms with E-state index in [1.807, 2.05) is 0 Å².